The first-order valence-electron chi connectivity index (χ1n) is 9.21. The largest absolute Gasteiger partial charge is 0.444 e. The molecule has 1 N–H and O–H groups in total. The molecule has 23 heavy (non-hydrogen) atoms. The van der Waals surface area contributed by atoms with Crippen molar-refractivity contribution in [2.75, 3.05) is 32.7 Å². The van der Waals surface area contributed by atoms with E-state index in [9.17, 15) is 4.79 Å². The molecule has 2 unspecified atom stereocenters. The van der Waals surface area contributed by atoms with Crippen molar-refractivity contribution in [1.29, 1.82) is 0 Å². The maximum atomic E-state index is 12.1. The molecule has 5 heteroatoms. The quantitative estimate of drug-likeness (QED) is 0.744. The summed E-state index contributed by atoms with van der Waals surface area (Å²) in [5, 5.41) is 3.67. The number of rotatable bonds is 8. The number of amides is 1. The molecule has 0 aromatic carbocycles. The maximum Gasteiger partial charge on any atom is 0.410 e. The van der Waals surface area contributed by atoms with Crippen molar-refractivity contribution in [2.24, 2.45) is 0 Å². The predicted octanol–water partition coefficient (Wildman–Crippen LogP) is 3.10. The van der Waals surface area contributed by atoms with E-state index in [-0.39, 0.29) is 6.09 Å². The smallest absolute Gasteiger partial charge is 0.410 e. The first-order valence-corrected chi connectivity index (χ1v) is 9.21. The van der Waals surface area contributed by atoms with E-state index < -0.39 is 5.60 Å². The van der Waals surface area contributed by atoms with Crippen LogP contribution in [0.5, 0.6) is 0 Å². The molecule has 1 rings (SSSR count). The summed E-state index contributed by atoms with van der Waals surface area (Å²) < 4.78 is 5.44. The zero-order chi connectivity index (χ0) is 17.5. The molecular weight excluding hydrogens is 290 g/mol. The fourth-order valence-corrected chi connectivity index (χ4v) is 3.04. The lowest BCUT2D eigenvalue weighted by molar-refractivity contribution is 0.0290. The summed E-state index contributed by atoms with van der Waals surface area (Å²) in [7, 11) is 0. The van der Waals surface area contributed by atoms with Crippen LogP contribution in [0, 0.1) is 0 Å². The molecular formula is C18H37N3O2. The second kappa shape index (κ2) is 9.48. The molecule has 0 bridgehead atoms. The second-order valence-corrected chi connectivity index (χ2v) is 7.65. The summed E-state index contributed by atoms with van der Waals surface area (Å²) in [6, 6.07) is 0.889. The van der Waals surface area contributed by atoms with Crippen LogP contribution in [-0.2, 0) is 4.74 Å². The van der Waals surface area contributed by atoms with Gasteiger partial charge in [0.05, 0.1) is 0 Å². The molecule has 0 saturated carbocycles. The summed E-state index contributed by atoms with van der Waals surface area (Å²) in [6.45, 7) is 17.4. The Morgan fingerprint density at radius 2 is 2.00 bits per heavy atom. The Bertz CT molecular complexity index is 351. The Kier molecular flexibility index (Phi) is 8.34. The van der Waals surface area contributed by atoms with Crippen LogP contribution in [-0.4, -0.2) is 66.3 Å². The standard InChI is InChI=1S/C18H37N3O2/c1-7-20(8-2)12-9-10-15(3)19-16-11-13-21(14-16)17(22)23-18(4,5)6/h15-16,19H,7-14H2,1-6H3. The van der Waals surface area contributed by atoms with Gasteiger partial charge in [0.15, 0.2) is 0 Å². The summed E-state index contributed by atoms with van der Waals surface area (Å²) >= 11 is 0. The molecule has 1 aliphatic rings. The molecule has 0 aliphatic carbocycles. The number of carbonyl (C=O) groups is 1. The van der Waals surface area contributed by atoms with Gasteiger partial charge in [-0.1, -0.05) is 13.8 Å². The number of hydrogen-bond donors (Lipinski definition) is 1. The molecule has 1 fully saturated rings. The predicted molar refractivity (Wildman–Crippen MR) is 95.8 cm³/mol. The van der Waals surface area contributed by atoms with Crippen molar-refractivity contribution in [3.05, 3.63) is 0 Å². The lowest BCUT2D eigenvalue weighted by atomic mass is 10.1. The molecule has 136 valence electrons. The van der Waals surface area contributed by atoms with Crippen LogP contribution >= 0.6 is 0 Å². The van der Waals surface area contributed by atoms with Crippen LogP contribution in [0.3, 0.4) is 0 Å². The van der Waals surface area contributed by atoms with Crippen LogP contribution in [0.4, 0.5) is 4.79 Å². The Labute approximate surface area is 142 Å². The van der Waals surface area contributed by atoms with Gasteiger partial charge in [0.2, 0.25) is 0 Å². The highest BCUT2D eigenvalue weighted by molar-refractivity contribution is 5.68. The molecule has 0 spiro atoms. The third kappa shape index (κ3) is 8.02. The van der Waals surface area contributed by atoms with E-state index in [2.05, 4.69) is 31.0 Å². The van der Waals surface area contributed by atoms with Crippen molar-refractivity contribution in [1.82, 2.24) is 15.1 Å². The van der Waals surface area contributed by atoms with Crippen LogP contribution in [0.1, 0.15) is 60.8 Å². The Balaban J connectivity index is 2.24. The second-order valence-electron chi connectivity index (χ2n) is 7.65. The molecule has 0 aromatic rings. The normalized spacial score (nSPS) is 20.1. The van der Waals surface area contributed by atoms with Gasteiger partial charge >= 0.3 is 6.09 Å². The number of ether oxygens (including phenoxy) is 1. The Morgan fingerprint density at radius 1 is 1.35 bits per heavy atom. The van der Waals surface area contributed by atoms with Crippen LogP contribution < -0.4 is 5.32 Å². The number of likely N-dealkylation sites (tertiary alicyclic amines) is 1. The Hall–Kier alpha value is -0.810. The highest BCUT2D eigenvalue weighted by Gasteiger charge is 2.30. The van der Waals surface area contributed by atoms with Crippen molar-refractivity contribution in [3.63, 3.8) is 0 Å². The van der Waals surface area contributed by atoms with Crippen molar-refractivity contribution in [2.45, 2.75) is 78.5 Å². The van der Waals surface area contributed by atoms with Gasteiger partial charge < -0.3 is 19.9 Å². The zero-order valence-electron chi connectivity index (χ0n) is 16.0. The minimum absolute atomic E-state index is 0.184. The molecule has 2 atom stereocenters. The van der Waals surface area contributed by atoms with E-state index >= 15 is 0 Å². The van der Waals surface area contributed by atoms with Gasteiger partial charge in [-0.2, -0.15) is 0 Å². The number of carbonyl (C=O) groups excluding carboxylic acids is 1. The van der Waals surface area contributed by atoms with E-state index in [1.165, 1.54) is 19.4 Å². The van der Waals surface area contributed by atoms with E-state index in [1.54, 1.807) is 0 Å². The SMILES string of the molecule is CCN(CC)CCCC(C)NC1CCN(C(=O)OC(C)(C)C)C1. The van der Waals surface area contributed by atoms with E-state index in [4.69, 9.17) is 4.74 Å². The van der Waals surface area contributed by atoms with Crippen LogP contribution in [0.25, 0.3) is 0 Å². The third-order valence-electron chi connectivity index (χ3n) is 4.37. The van der Waals surface area contributed by atoms with Gasteiger partial charge in [-0.15, -0.1) is 0 Å². The molecule has 0 aromatic heterocycles. The fraction of sp³-hybridized carbons (Fsp3) is 0.944. The van der Waals surface area contributed by atoms with E-state index in [0.29, 0.717) is 12.1 Å². The van der Waals surface area contributed by atoms with Gasteiger partial charge in [-0.05, 0) is 66.6 Å². The molecule has 0 radical (unpaired) electrons. The van der Waals surface area contributed by atoms with E-state index in [0.717, 1.165) is 32.6 Å². The molecule has 1 aliphatic heterocycles. The van der Waals surface area contributed by atoms with Crippen molar-refractivity contribution < 1.29 is 9.53 Å². The van der Waals surface area contributed by atoms with Gasteiger partial charge in [0, 0.05) is 25.2 Å². The summed E-state index contributed by atoms with van der Waals surface area (Å²) in [6.07, 6.45) is 3.23. The summed E-state index contributed by atoms with van der Waals surface area (Å²) in [5.74, 6) is 0. The summed E-state index contributed by atoms with van der Waals surface area (Å²) in [4.78, 5) is 16.4. The highest BCUT2D eigenvalue weighted by atomic mass is 16.6. The van der Waals surface area contributed by atoms with Crippen molar-refractivity contribution in [3.8, 4) is 0 Å². The topological polar surface area (TPSA) is 44.8 Å². The average Bonchev–Trinajstić information content (AvgIpc) is 2.90. The maximum absolute atomic E-state index is 12.1. The van der Waals surface area contributed by atoms with Crippen molar-refractivity contribution >= 4 is 6.09 Å². The number of hydrogen-bond acceptors (Lipinski definition) is 4. The number of nitrogens with zero attached hydrogens (tertiary/aromatic N) is 2. The third-order valence-corrected chi connectivity index (χ3v) is 4.37. The average molecular weight is 328 g/mol. The Morgan fingerprint density at radius 3 is 2.57 bits per heavy atom. The van der Waals surface area contributed by atoms with Gasteiger partial charge in [0.1, 0.15) is 5.60 Å². The van der Waals surface area contributed by atoms with Gasteiger partial charge in [0.25, 0.3) is 0 Å². The number of nitrogens with one attached hydrogen (secondary N) is 1. The van der Waals surface area contributed by atoms with Crippen LogP contribution in [0.2, 0.25) is 0 Å². The summed E-state index contributed by atoms with van der Waals surface area (Å²) in [5.41, 5.74) is -0.416. The lowest BCUT2D eigenvalue weighted by Crippen LogP contribution is -2.41. The zero-order valence-corrected chi connectivity index (χ0v) is 16.0. The highest BCUT2D eigenvalue weighted by Crippen LogP contribution is 2.16. The first-order chi connectivity index (χ1) is 10.7. The monoisotopic (exact) mass is 327 g/mol. The minimum Gasteiger partial charge on any atom is -0.444 e. The van der Waals surface area contributed by atoms with E-state index in [1.807, 2.05) is 25.7 Å². The minimum atomic E-state index is -0.416. The first kappa shape index (κ1) is 20.2. The molecule has 1 saturated heterocycles. The van der Waals surface area contributed by atoms with Gasteiger partial charge in [-0.25, -0.2) is 4.79 Å². The fourth-order valence-electron chi connectivity index (χ4n) is 3.04. The lowest BCUT2D eigenvalue weighted by Gasteiger charge is -2.25. The van der Waals surface area contributed by atoms with Gasteiger partial charge in [-0.3, -0.25) is 0 Å². The molecule has 5 nitrogen and oxygen atoms in total. The molecule has 1 amide bonds. The van der Waals surface area contributed by atoms with Crippen LogP contribution in [0.15, 0.2) is 0 Å². The molecule has 1 heterocycles.